The number of carbonyl (C=O) groups is 1. The monoisotopic (exact) mass is 231 g/mol. The largest absolute Gasteiger partial charge is 0.452 e. The van der Waals surface area contributed by atoms with Gasteiger partial charge in [-0.1, -0.05) is 31.0 Å². The molecule has 1 aliphatic carbocycles. The van der Waals surface area contributed by atoms with Crippen LogP contribution in [0.1, 0.15) is 37.2 Å². The van der Waals surface area contributed by atoms with E-state index < -0.39 is 0 Å². The smallest absolute Gasteiger partial charge is 0.414 e. The van der Waals surface area contributed by atoms with Gasteiger partial charge in [0.1, 0.15) is 0 Å². The summed E-state index contributed by atoms with van der Waals surface area (Å²) in [4.78, 5) is 13.8. The average molecular weight is 231 g/mol. The normalized spacial score (nSPS) is 26.3. The van der Waals surface area contributed by atoms with E-state index in [-0.39, 0.29) is 6.09 Å². The number of carbonyl (C=O) groups excluding carboxylic acids is 1. The van der Waals surface area contributed by atoms with Crippen LogP contribution in [0.5, 0.6) is 0 Å². The van der Waals surface area contributed by atoms with Crippen molar-refractivity contribution in [3.8, 4) is 0 Å². The molecule has 1 heterocycles. The quantitative estimate of drug-likeness (QED) is 0.685. The number of anilines is 1. The molecule has 1 aromatic rings. The Morgan fingerprint density at radius 3 is 2.88 bits per heavy atom. The van der Waals surface area contributed by atoms with Crippen molar-refractivity contribution in [1.82, 2.24) is 0 Å². The second-order valence-corrected chi connectivity index (χ2v) is 4.86. The molecule has 0 bridgehead atoms. The van der Waals surface area contributed by atoms with Crippen molar-refractivity contribution in [3.63, 3.8) is 0 Å². The van der Waals surface area contributed by atoms with Crippen molar-refractivity contribution < 1.29 is 9.53 Å². The fourth-order valence-corrected chi connectivity index (χ4v) is 3.31. The molecule has 0 unspecified atom stereocenters. The van der Waals surface area contributed by atoms with Crippen molar-refractivity contribution in [2.75, 3.05) is 12.0 Å². The van der Waals surface area contributed by atoms with Gasteiger partial charge in [0.15, 0.2) is 0 Å². The minimum absolute atomic E-state index is 0.216. The van der Waals surface area contributed by atoms with Crippen molar-refractivity contribution in [2.24, 2.45) is 0 Å². The Labute approximate surface area is 101 Å². The molecule has 3 heteroatoms. The van der Waals surface area contributed by atoms with Gasteiger partial charge in [-0.05, 0) is 24.5 Å². The number of nitrogens with zero attached hydrogens (tertiary/aromatic N) is 1. The summed E-state index contributed by atoms with van der Waals surface area (Å²) in [6.07, 6.45) is 4.54. The lowest BCUT2D eigenvalue weighted by molar-refractivity contribution is 0.174. The molecule has 1 saturated carbocycles. The van der Waals surface area contributed by atoms with Gasteiger partial charge in [-0.2, -0.15) is 0 Å². The summed E-state index contributed by atoms with van der Waals surface area (Å²) in [6.45, 7) is 0. The molecule has 1 aromatic carbocycles. The first-order valence-corrected chi connectivity index (χ1v) is 6.29. The topological polar surface area (TPSA) is 29.5 Å². The van der Waals surface area contributed by atoms with Crippen LogP contribution in [0.2, 0.25) is 0 Å². The van der Waals surface area contributed by atoms with E-state index in [0.29, 0.717) is 12.0 Å². The maximum absolute atomic E-state index is 11.9. The van der Waals surface area contributed by atoms with Gasteiger partial charge < -0.3 is 4.74 Å². The number of hydrogen-bond donors (Lipinski definition) is 0. The summed E-state index contributed by atoms with van der Waals surface area (Å²) in [5.41, 5.74) is 2.37. The lowest BCUT2D eigenvalue weighted by atomic mass is 9.82. The fraction of sp³-hybridized carbons (Fsp3) is 0.500. The summed E-state index contributed by atoms with van der Waals surface area (Å²) in [5, 5.41) is 0. The predicted molar refractivity (Wildman–Crippen MR) is 66.3 cm³/mol. The number of benzene rings is 1. The number of rotatable bonds is 0. The second-order valence-electron chi connectivity index (χ2n) is 4.86. The van der Waals surface area contributed by atoms with Crippen LogP contribution in [-0.4, -0.2) is 19.2 Å². The van der Waals surface area contributed by atoms with E-state index in [9.17, 15) is 4.79 Å². The molecular formula is C14H17NO2. The molecule has 1 fully saturated rings. The van der Waals surface area contributed by atoms with E-state index in [0.717, 1.165) is 12.1 Å². The van der Waals surface area contributed by atoms with Gasteiger partial charge in [0, 0.05) is 12.0 Å². The van der Waals surface area contributed by atoms with Crippen LogP contribution < -0.4 is 4.90 Å². The first-order chi connectivity index (χ1) is 8.33. The Bertz CT molecular complexity index is 444. The van der Waals surface area contributed by atoms with E-state index in [2.05, 4.69) is 12.1 Å². The van der Waals surface area contributed by atoms with Crippen molar-refractivity contribution in [3.05, 3.63) is 29.8 Å². The van der Waals surface area contributed by atoms with E-state index in [4.69, 9.17) is 4.74 Å². The zero-order valence-corrected chi connectivity index (χ0v) is 10.1. The Kier molecular flexibility index (Phi) is 2.54. The minimum Gasteiger partial charge on any atom is -0.452 e. The van der Waals surface area contributed by atoms with Crippen LogP contribution in [0, 0.1) is 0 Å². The van der Waals surface area contributed by atoms with Crippen LogP contribution in [0.3, 0.4) is 0 Å². The number of para-hydroxylation sites is 1. The molecule has 0 saturated heterocycles. The van der Waals surface area contributed by atoms with Gasteiger partial charge in [-0.15, -0.1) is 0 Å². The molecule has 1 amide bonds. The highest BCUT2D eigenvalue weighted by Crippen LogP contribution is 2.47. The van der Waals surface area contributed by atoms with Crippen LogP contribution >= 0.6 is 0 Å². The molecular weight excluding hydrogens is 214 g/mol. The number of methoxy groups -OCH3 is 1. The third-order valence-corrected chi connectivity index (χ3v) is 4.03. The molecule has 0 aromatic heterocycles. The lowest BCUT2D eigenvalue weighted by Gasteiger charge is -2.31. The summed E-state index contributed by atoms with van der Waals surface area (Å²) >= 11 is 0. The van der Waals surface area contributed by atoms with Crippen molar-refractivity contribution >= 4 is 11.8 Å². The maximum Gasteiger partial charge on any atom is 0.414 e. The molecule has 90 valence electrons. The minimum atomic E-state index is -0.216. The highest BCUT2D eigenvalue weighted by molar-refractivity contribution is 5.91. The molecule has 0 radical (unpaired) electrons. The van der Waals surface area contributed by atoms with Crippen LogP contribution in [0.15, 0.2) is 24.3 Å². The van der Waals surface area contributed by atoms with Crippen LogP contribution in [0.4, 0.5) is 10.5 Å². The molecule has 17 heavy (non-hydrogen) atoms. The third-order valence-electron chi connectivity index (χ3n) is 4.03. The first kappa shape index (κ1) is 10.6. The fourth-order valence-electron chi connectivity index (χ4n) is 3.31. The summed E-state index contributed by atoms with van der Waals surface area (Å²) in [6, 6.07) is 8.55. The molecule has 3 nitrogen and oxygen atoms in total. The average Bonchev–Trinajstić information content (AvgIpc) is 2.72. The maximum atomic E-state index is 11.9. The Morgan fingerprint density at radius 2 is 2.06 bits per heavy atom. The van der Waals surface area contributed by atoms with Gasteiger partial charge >= 0.3 is 6.09 Å². The highest BCUT2D eigenvalue weighted by Gasteiger charge is 2.42. The van der Waals surface area contributed by atoms with Gasteiger partial charge in [0.05, 0.1) is 12.8 Å². The summed E-state index contributed by atoms with van der Waals surface area (Å²) < 4.78 is 4.93. The molecule has 0 spiro atoms. The number of ether oxygens (including phenoxy) is 1. The van der Waals surface area contributed by atoms with E-state index in [1.54, 1.807) is 0 Å². The van der Waals surface area contributed by atoms with Gasteiger partial charge in [-0.25, -0.2) is 4.79 Å². The standard InChI is InChI=1S/C14H17NO2/c1-17-14(16)15-12-8-4-2-6-10(12)11-7-3-5-9-13(11)15/h2,4,6,8,11,13H,3,5,7,9H2,1H3/t11-,13+/m0/s1. The zero-order valence-electron chi connectivity index (χ0n) is 10.1. The Balaban J connectivity index is 2.05. The molecule has 2 atom stereocenters. The third kappa shape index (κ3) is 1.53. The Hall–Kier alpha value is -1.51. The summed E-state index contributed by atoms with van der Waals surface area (Å²) in [5.74, 6) is 0.513. The van der Waals surface area contributed by atoms with E-state index >= 15 is 0 Å². The highest BCUT2D eigenvalue weighted by atomic mass is 16.5. The van der Waals surface area contributed by atoms with E-state index in [1.807, 2.05) is 17.0 Å². The van der Waals surface area contributed by atoms with Crippen LogP contribution in [0.25, 0.3) is 0 Å². The number of fused-ring (bicyclic) bond motifs is 3. The Morgan fingerprint density at radius 1 is 1.29 bits per heavy atom. The van der Waals surface area contributed by atoms with Gasteiger partial charge in [0.25, 0.3) is 0 Å². The molecule has 1 aliphatic heterocycles. The first-order valence-electron chi connectivity index (χ1n) is 6.29. The van der Waals surface area contributed by atoms with Crippen LogP contribution in [-0.2, 0) is 4.74 Å². The lowest BCUT2D eigenvalue weighted by Crippen LogP contribution is -2.40. The SMILES string of the molecule is COC(=O)N1c2ccccc2[C@@H]2CCCC[C@H]21. The molecule has 0 N–H and O–H groups in total. The van der Waals surface area contributed by atoms with E-state index in [1.165, 1.54) is 31.9 Å². The summed E-state index contributed by atoms with van der Waals surface area (Å²) in [7, 11) is 1.46. The number of hydrogen-bond acceptors (Lipinski definition) is 2. The zero-order chi connectivity index (χ0) is 11.8. The predicted octanol–water partition coefficient (Wildman–Crippen LogP) is 3.30. The molecule has 3 rings (SSSR count). The van der Waals surface area contributed by atoms with Gasteiger partial charge in [0.2, 0.25) is 0 Å². The molecule has 2 aliphatic rings. The number of amides is 1. The van der Waals surface area contributed by atoms with Crippen molar-refractivity contribution in [1.29, 1.82) is 0 Å². The van der Waals surface area contributed by atoms with Gasteiger partial charge in [-0.3, -0.25) is 4.90 Å². The second kappa shape index (κ2) is 4.06. The van der Waals surface area contributed by atoms with Crippen molar-refractivity contribution in [2.45, 2.75) is 37.6 Å².